The van der Waals surface area contributed by atoms with Gasteiger partial charge in [-0.2, -0.15) is 18.3 Å². The fourth-order valence-corrected chi connectivity index (χ4v) is 1.67. The van der Waals surface area contributed by atoms with Crippen molar-refractivity contribution in [3.8, 4) is 0 Å². The Balaban J connectivity index is 1.98. The van der Waals surface area contributed by atoms with Crippen LogP contribution in [0.1, 0.15) is 16.8 Å². The maximum Gasteiger partial charge on any atom is 0.416 e. The number of hydrogen-bond donors (Lipinski definition) is 2. The minimum atomic E-state index is -4.37. The van der Waals surface area contributed by atoms with Crippen molar-refractivity contribution in [1.82, 2.24) is 10.2 Å². The van der Waals surface area contributed by atoms with Crippen molar-refractivity contribution in [2.45, 2.75) is 19.5 Å². The first-order chi connectivity index (χ1) is 9.34. The summed E-state index contributed by atoms with van der Waals surface area (Å²) in [4.78, 5) is 11.7. The van der Waals surface area contributed by atoms with E-state index in [0.29, 0.717) is 11.4 Å². The van der Waals surface area contributed by atoms with E-state index in [1.165, 1.54) is 12.1 Å². The topological polar surface area (TPSA) is 57.8 Å². The summed E-state index contributed by atoms with van der Waals surface area (Å²) < 4.78 is 37.1. The molecule has 2 aromatic rings. The monoisotopic (exact) mass is 283 g/mol. The van der Waals surface area contributed by atoms with Gasteiger partial charge in [0.2, 0.25) is 5.91 Å². The lowest BCUT2D eigenvalue weighted by Gasteiger charge is -2.07. The molecule has 0 aliphatic rings. The van der Waals surface area contributed by atoms with E-state index in [4.69, 9.17) is 0 Å². The summed E-state index contributed by atoms with van der Waals surface area (Å²) in [6, 6.07) is 6.16. The van der Waals surface area contributed by atoms with Gasteiger partial charge in [0.15, 0.2) is 5.82 Å². The molecule has 0 saturated heterocycles. The third-order valence-corrected chi connectivity index (χ3v) is 2.62. The molecule has 106 valence electrons. The molecule has 2 N–H and O–H groups in total. The van der Waals surface area contributed by atoms with Crippen LogP contribution in [0.3, 0.4) is 0 Å². The molecule has 0 atom stereocenters. The first-order valence-electron chi connectivity index (χ1n) is 5.82. The Morgan fingerprint density at radius 1 is 1.30 bits per heavy atom. The van der Waals surface area contributed by atoms with Gasteiger partial charge in [0.05, 0.1) is 12.0 Å². The van der Waals surface area contributed by atoms with Crippen molar-refractivity contribution in [1.29, 1.82) is 0 Å². The summed E-state index contributed by atoms with van der Waals surface area (Å²) >= 11 is 0. The Morgan fingerprint density at radius 2 is 1.95 bits per heavy atom. The van der Waals surface area contributed by atoms with Crippen LogP contribution in [0, 0.1) is 6.92 Å². The fourth-order valence-electron chi connectivity index (χ4n) is 1.67. The molecular weight excluding hydrogens is 271 g/mol. The molecule has 7 heteroatoms. The van der Waals surface area contributed by atoms with Crippen LogP contribution in [0.4, 0.5) is 19.0 Å². The highest BCUT2D eigenvalue weighted by molar-refractivity contribution is 5.91. The van der Waals surface area contributed by atoms with Gasteiger partial charge in [-0.3, -0.25) is 9.89 Å². The van der Waals surface area contributed by atoms with E-state index < -0.39 is 11.7 Å². The third-order valence-electron chi connectivity index (χ3n) is 2.62. The number of benzene rings is 1. The molecule has 1 aromatic carbocycles. The van der Waals surface area contributed by atoms with Crippen LogP contribution in [0.5, 0.6) is 0 Å². The molecule has 1 heterocycles. The molecule has 20 heavy (non-hydrogen) atoms. The van der Waals surface area contributed by atoms with Crippen LogP contribution >= 0.6 is 0 Å². The number of anilines is 1. The zero-order valence-corrected chi connectivity index (χ0v) is 10.6. The van der Waals surface area contributed by atoms with Gasteiger partial charge in [-0.25, -0.2) is 0 Å². The molecule has 0 saturated carbocycles. The highest BCUT2D eigenvalue weighted by atomic mass is 19.4. The number of aryl methyl sites for hydroxylation is 1. The van der Waals surface area contributed by atoms with Crippen molar-refractivity contribution in [2.75, 3.05) is 5.32 Å². The molecule has 1 amide bonds. The fraction of sp³-hybridized carbons (Fsp3) is 0.231. The number of nitrogens with zero attached hydrogens (tertiary/aromatic N) is 1. The number of carbonyl (C=O) groups excluding carboxylic acids is 1. The average Bonchev–Trinajstić information content (AvgIpc) is 2.74. The maximum atomic E-state index is 12.4. The van der Waals surface area contributed by atoms with E-state index >= 15 is 0 Å². The van der Waals surface area contributed by atoms with Gasteiger partial charge in [-0.05, 0) is 24.6 Å². The molecule has 0 spiro atoms. The molecule has 0 aliphatic heterocycles. The summed E-state index contributed by atoms with van der Waals surface area (Å²) in [6.45, 7) is 1.79. The second kappa shape index (κ2) is 5.36. The number of hydrogen-bond acceptors (Lipinski definition) is 2. The van der Waals surface area contributed by atoms with Gasteiger partial charge in [0.1, 0.15) is 0 Å². The highest BCUT2D eigenvalue weighted by Crippen LogP contribution is 2.29. The normalized spacial score (nSPS) is 11.4. The summed E-state index contributed by atoms with van der Waals surface area (Å²) in [5.74, 6) is 0.0515. The number of aromatic amines is 1. The van der Waals surface area contributed by atoms with Crippen molar-refractivity contribution >= 4 is 11.7 Å². The van der Waals surface area contributed by atoms with Gasteiger partial charge in [-0.15, -0.1) is 0 Å². The van der Waals surface area contributed by atoms with Gasteiger partial charge in [0, 0.05) is 11.8 Å². The SMILES string of the molecule is Cc1cc(NC(=O)Cc2ccc(C(F)(F)F)cc2)n[nH]1. The zero-order valence-electron chi connectivity index (χ0n) is 10.6. The van der Waals surface area contributed by atoms with E-state index in [9.17, 15) is 18.0 Å². The number of nitrogens with one attached hydrogen (secondary N) is 2. The number of halogens is 3. The predicted molar refractivity (Wildman–Crippen MR) is 67.1 cm³/mol. The molecule has 0 unspecified atom stereocenters. The van der Waals surface area contributed by atoms with Crippen LogP contribution in [0.2, 0.25) is 0 Å². The number of rotatable bonds is 3. The maximum absolute atomic E-state index is 12.4. The minimum Gasteiger partial charge on any atom is -0.309 e. The summed E-state index contributed by atoms with van der Waals surface area (Å²) in [7, 11) is 0. The van der Waals surface area contributed by atoms with E-state index in [1.807, 2.05) is 0 Å². The standard InChI is InChI=1S/C13H12F3N3O/c1-8-6-11(19-18-8)17-12(20)7-9-2-4-10(5-3-9)13(14,15)16/h2-6H,7H2,1H3,(H2,17,18,19,20). The number of carbonyl (C=O) groups is 1. The van der Waals surface area contributed by atoms with Crippen molar-refractivity contribution in [3.05, 3.63) is 47.2 Å². The smallest absolute Gasteiger partial charge is 0.309 e. The number of alkyl halides is 3. The first-order valence-corrected chi connectivity index (χ1v) is 5.82. The largest absolute Gasteiger partial charge is 0.416 e. The van der Waals surface area contributed by atoms with E-state index in [1.54, 1.807) is 13.0 Å². The highest BCUT2D eigenvalue weighted by Gasteiger charge is 2.29. The zero-order chi connectivity index (χ0) is 14.8. The lowest BCUT2D eigenvalue weighted by Crippen LogP contribution is -2.15. The van der Waals surface area contributed by atoms with Gasteiger partial charge in [-0.1, -0.05) is 12.1 Å². The Hall–Kier alpha value is -2.31. The molecule has 0 aliphatic carbocycles. The van der Waals surface area contributed by atoms with E-state index in [0.717, 1.165) is 17.8 Å². The molecule has 2 rings (SSSR count). The summed E-state index contributed by atoms with van der Waals surface area (Å²) in [5, 5.41) is 9.06. The molecular formula is C13H12F3N3O. The quantitative estimate of drug-likeness (QED) is 0.910. The summed E-state index contributed by atoms with van der Waals surface area (Å²) in [5.41, 5.74) is 0.571. The summed E-state index contributed by atoms with van der Waals surface area (Å²) in [6.07, 6.45) is -4.38. The molecule has 4 nitrogen and oxygen atoms in total. The van der Waals surface area contributed by atoms with Crippen LogP contribution < -0.4 is 5.32 Å². The van der Waals surface area contributed by atoms with Crippen molar-refractivity contribution in [2.24, 2.45) is 0 Å². The predicted octanol–water partition coefficient (Wildman–Crippen LogP) is 2.92. The van der Waals surface area contributed by atoms with Crippen molar-refractivity contribution in [3.63, 3.8) is 0 Å². The minimum absolute atomic E-state index is 0.00988. The second-order valence-electron chi connectivity index (χ2n) is 4.36. The first kappa shape index (κ1) is 14.1. The van der Waals surface area contributed by atoms with Crippen LogP contribution in [0.25, 0.3) is 0 Å². The number of aromatic nitrogens is 2. The third kappa shape index (κ3) is 3.59. The van der Waals surface area contributed by atoms with Crippen molar-refractivity contribution < 1.29 is 18.0 Å². The van der Waals surface area contributed by atoms with Gasteiger partial charge >= 0.3 is 6.18 Å². The van der Waals surface area contributed by atoms with Crippen LogP contribution in [0.15, 0.2) is 30.3 Å². The van der Waals surface area contributed by atoms with Gasteiger partial charge < -0.3 is 5.32 Å². The number of amides is 1. The Bertz CT molecular complexity index is 602. The lowest BCUT2D eigenvalue weighted by atomic mass is 10.1. The number of H-pyrrole nitrogens is 1. The Labute approximate surface area is 113 Å². The Kier molecular flexibility index (Phi) is 3.78. The second-order valence-corrected chi connectivity index (χ2v) is 4.36. The van der Waals surface area contributed by atoms with E-state index in [2.05, 4.69) is 15.5 Å². The average molecular weight is 283 g/mol. The van der Waals surface area contributed by atoms with Crippen LogP contribution in [-0.2, 0) is 17.4 Å². The molecule has 0 radical (unpaired) electrons. The van der Waals surface area contributed by atoms with Gasteiger partial charge in [0.25, 0.3) is 0 Å². The lowest BCUT2D eigenvalue weighted by molar-refractivity contribution is -0.137. The molecule has 0 fully saturated rings. The molecule has 1 aromatic heterocycles. The Morgan fingerprint density at radius 3 is 2.45 bits per heavy atom. The van der Waals surface area contributed by atoms with Crippen LogP contribution in [-0.4, -0.2) is 16.1 Å². The van der Waals surface area contributed by atoms with E-state index in [-0.39, 0.29) is 12.3 Å². The molecule has 0 bridgehead atoms.